The first-order valence-electron chi connectivity index (χ1n) is 11.2. The summed E-state index contributed by atoms with van der Waals surface area (Å²) < 4.78 is 2.10. The number of pyridine rings is 2. The van der Waals surface area contributed by atoms with E-state index in [0.29, 0.717) is 16.3 Å². The van der Waals surface area contributed by atoms with Crippen molar-refractivity contribution in [1.82, 2.24) is 24.3 Å². The van der Waals surface area contributed by atoms with E-state index in [-0.39, 0.29) is 0 Å². The summed E-state index contributed by atoms with van der Waals surface area (Å²) in [5.41, 5.74) is 3.96. The Balaban J connectivity index is 1.24. The molecule has 33 heavy (non-hydrogen) atoms. The average Bonchev–Trinajstić information content (AvgIpc) is 3.46. The summed E-state index contributed by atoms with van der Waals surface area (Å²) >= 11 is 8.08. The SMILES string of the molecule is CNc1nccc(Sc2cnc(N3CCC4(CC3)Cc3cccnc3C4)n3ccnc23)c1Cl. The maximum absolute atomic E-state index is 6.52. The zero-order valence-corrected chi connectivity index (χ0v) is 19.9. The van der Waals surface area contributed by atoms with E-state index in [4.69, 9.17) is 16.6 Å². The summed E-state index contributed by atoms with van der Waals surface area (Å²) in [7, 11) is 1.81. The fourth-order valence-electron chi connectivity index (χ4n) is 5.13. The van der Waals surface area contributed by atoms with Crippen molar-refractivity contribution in [3.63, 3.8) is 0 Å². The number of nitrogens with zero attached hydrogens (tertiary/aromatic N) is 6. The molecule has 9 heteroatoms. The number of fused-ring (bicyclic) bond motifs is 2. The Bertz CT molecular complexity index is 1300. The minimum atomic E-state index is 0.347. The van der Waals surface area contributed by atoms with E-state index in [1.807, 2.05) is 37.9 Å². The monoisotopic (exact) mass is 477 g/mol. The first-order chi connectivity index (χ1) is 16.2. The van der Waals surface area contributed by atoms with E-state index < -0.39 is 0 Å². The van der Waals surface area contributed by atoms with E-state index in [0.717, 1.165) is 60.2 Å². The highest BCUT2D eigenvalue weighted by Gasteiger charge is 2.41. The van der Waals surface area contributed by atoms with Gasteiger partial charge in [0.25, 0.3) is 0 Å². The Kier molecular flexibility index (Phi) is 5.14. The zero-order chi connectivity index (χ0) is 22.4. The Morgan fingerprint density at radius 2 is 1.88 bits per heavy atom. The number of imidazole rings is 1. The van der Waals surface area contributed by atoms with Crippen LogP contribution in [0.1, 0.15) is 24.1 Å². The van der Waals surface area contributed by atoms with Gasteiger partial charge in [-0.25, -0.2) is 15.0 Å². The highest BCUT2D eigenvalue weighted by atomic mass is 35.5. The third-order valence-corrected chi connectivity index (χ3v) is 8.45. The maximum atomic E-state index is 6.52. The fraction of sp³-hybridized carbons (Fsp3) is 0.333. The van der Waals surface area contributed by atoms with Gasteiger partial charge in [-0.2, -0.15) is 0 Å². The number of anilines is 2. The number of rotatable bonds is 4. The predicted molar refractivity (Wildman–Crippen MR) is 131 cm³/mol. The Morgan fingerprint density at radius 1 is 1.00 bits per heavy atom. The summed E-state index contributed by atoms with van der Waals surface area (Å²) in [6, 6.07) is 6.22. The van der Waals surface area contributed by atoms with Crippen LogP contribution in [0.2, 0.25) is 5.02 Å². The van der Waals surface area contributed by atoms with Crippen LogP contribution in [-0.4, -0.2) is 44.5 Å². The summed E-state index contributed by atoms with van der Waals surface area (Å²) in [5.74, 6) is 1.61. The third-order valence-electron chi connectivity index (χ3n) is 6.88. The summed E-state index contributed by atoms with van der Waals surface area (Å²) in [5, 5.41) is 3.63. The third kappa shape index (κ3) is 3.61. The molecule has 0 bridgehead atoms. The lowest BCUT2D eigenvalue weighted by Crippen LogP contribution is -2.41. The largest absolute Gasteiger partial charge is 0.372 e. The van der Waals surface area contributed by atoms with Gasteiger partial charge in [0, 0.05) is 61.7 Å². The predicted octanol–water partition coefficient (Wildman–Crippen LogP) is 4.75. The highest BCUT2D eigenvalue weighted by molar-refractivity contribution is 7.99. The molecular formula is C24H24ClN7S. The highest BCUT2D eigenvalue weighted by Crippen LogP contribution is 2.44. The van der Waals surface area contributed by atoms with Crippen LogP contribution in [-0.2, 0) is 12.8 Å². The molecule has 0 radical (unpaired) electrons. The van der Waals surface area contributed by atoms with Gasteiger partial charge >= 0.3 is 0 Å². The number of hydrogen-bond acceptors (Lipinski definition) is 7. The molecule has 4 aromatic rings. The van der Waals surface area contributed by atoms with Gasteiger partial charge in [-0.05, 0) is 48.8 Å². The van der Waals surface area contributed by atoms with E-state index in [1.165, 1.54) is 11.3 Å². The maximum Gasteiger partial charge on any atom is 0.211 e. The minimum Gasteiger partial charge on any atom is -0.372 e. The van der Waals surface area contributed by atoms with Gasteiger partial charge in [-0.15, -0.1) is 0 Å². The second-order valence-corrected chi connectivity index (χ2v) is 10.3. The van der Waals surface area contributed by atoms with Crippen LogP contribution >= 0.6 is 23.4 Å². The molecule has 7 nitrogen and oxygen atoms in total. The number of aromatic nitrogens is 5. The molecular weight excluding hydrogens is 454 g/mol. The average molecular weight is 478 g/mol. The summed E-state index contributed by atoms with van der Waals surface area (Å²) in [6.45, 7) is 1.98. The first-order valence-corrected chi connectivity index (χ1v) is 12.4. The van der Waals surface area contributed by atoms with Crippen LogP contribution in [0.15, 0.2) is 59.0 Å². The van der Waals surface area contributed by atoms with Crippen LogP contribution < -0.4 is 10.2 Å². The molecule has 1 aliphatic heterocycles. The van der Waals surface area contributed by atoms with Crippen molar-refractivity contribution in [2.45, 2.75) is 35.5 Å². The van der Waals surface area contributed by atoms with Gasteiger partial charge in [-0.3, -0.25) is 9.38 Å². The topological polar surface area (TPSA) is 71.2 Å². The van der Waals surface area contributed by atoms with Gasteiger partial charge in [0.15, 0.2) is 5.65 Å². The van der Waals surface area contributed by atoms with Crippen LogP contribution in [0.25, 0.3) is 5.65 Å². The van der Waals surface area contributed by atoms with Crippen molar-refractivity contribution in [2.24, 2.45) is 5.41 Å². The molecule has 6 rings (SSSR count). The van der Waals surface area contributed by atoms with Gasteiger partial charge in [0.1, 0.15) is 5.82 Å². The van der Waals surface area contributed by atoms with Gasteiger partial charge < -0.3 is 10.2 Å². The smallest absolute Gasteiger partial charge is 0.211 e. The molecule has 0 unspecified atom stereocenters. The molecule has 4 aromatic heterocycles. The van der Waals surface area contributed by atoms with Crippen LogP contribution in [0, 0.1) is 5.41 Å². The quantitative estimate of drug-likeness (QED) is 0.454. The molecule has 1 N–H and O–H groups in total. The van der Waals surface area contributed by atoms with Crippen molar-refractivity contribution in [3.8, 4) is 0 Å². The van der Waals surface area contributed by atoms with Crippen molar-refractivity contribution in [2.75, 3.05) is 30.4 Å². The Morgan fingerprint density at radius 3 is 2.70 bits per heavy atom. The lowest BCUT2D eigenvalue weighted by molar-refractivity contribution is 0.230. The normalized spacial score (nSPS) is 17.0. The van der Waals surface area contributed by atoms with E-state index in [9.17, 15) is 0 Å². The summed E-state index contributed by atoms with van der Waals surface area (Å²) in [6.07, 6.45) is 14.0. The van der Waals surface area contributed by atoms with Crippen LogP contribution in [0.5, 0.6) is 0 Å². The zero-order valence-electron chi connectivity index (χ0n) is 18.3. The van der Waals surface area contributed by atoms with Gasteiger partial charge in [0.05, 0.1) is 9.92 Å². The Labute approximate surface area is 201 Å². The molecule has 1 aliphatic carbocycles. The summed E-state index contributed by atoms with van der Waals surface area (Å²) in [4.78, 5) is 22.7. The Hall–Kier alpha value is -2.84. The number of halogens is 1. The van der Waals surface area contributed by atoms with E-state index in [1.54, 1.807) is 18.0 Å². The first kappa shape index (κ1) is 20.7. The standard InChI is InChI=1S/C24H24ClN7S/c1-26-21-20(25)18(4-8-28-21)33-19-15-30-23(32-12-9-29-22(19)32)31-10-5-24(6-11-31)13-16-3-2-7-27-17(16)14-24/h2-4,7-9,12,15H,5-6,10-11,13-14H2,1H3,(H,26,28). The molecule has 5 heterocycles. The van der Waals surface area contributed by atoms with Crippen molar-refractivity contribution >= 4 is 40.8 Å². The van der Waals surface area contributed by atoms with Crippen LogP contribution in [0.4, 0.5) is 11.8 Å². The van der Waals surface area contributed by atoms with E-state index >= 15 is 0 Å². The van der Waals surface area contributed by atoms with Gasteiger partial charge in [0.2, 0.25) is 5.95 Å². The molecule has 168 valence electrons. The molecule has 1 spiro atoms. The van der Waals surface area contributed by atoms with E-state index in [2.05, 4.69) is 41.7 Å². The number of nitrogens with one attached hydrogen (secondary N) is 1. The minimum absolute atomic E-state index is 0.347. The molecule has 0 aromatic carbocycles. The number of piperidine rings is 1. The molecule has 1 saturated heterocycles. The second-order valence-electron chi connectivity index (χ2n) is 8.82. The number of hydrogen-bond donors (Lipinski definition) is 1. The van der Waals surface area contributed by atoms with Crippen LogP contribution in [0.3, 0.4) is 0 Å². The van der Waals surface area contributed by atoms with Crippen molar-refractivity contribution < 1.29 is 0 Å². The van der Waals surface area contributed by atoms with Crippen molar-refractivity contribution in [3.05, 3.63) is 65.5 Å². The molecule has 2 aliphatic rings. The lowest BCUT2D eigenvalue weighted by atomic mass is 9.76. The molecule has 1 fully saturated rings. The molecule has 0 amide bonds. The fourth-order valence-corrected chi connectivity index (χ4v) is 6.36. The second kappa shape index (κ2) is 8.18. The molecule has 0 atom stereocenters. The molecule has 0 saturated carbocycles. The lowest BCUT2D eigenvalue weighted by Gasteiger charge is -2.39. The van der Waals surface area contributed by atoms with Crippen molar-refractivity contribution in [1.29, 1.82) is 0 Å². The van der Waals surface area contributed by atoms with Gasteiger partial charge in [-0.1, -0.05) is 29.4 Å².